The van der Waals surface area contributed by atoms with E-state index < -0.39 is 0 Å². The van der Waals surface area contributed by atoms with Crippen molar-refractivity contribution in [2.75, 3.05) is 31.1 Å². The van der Waals surface area contributed by atoms with Crippen LogP contribution in [0.3, 0.4) is 0 Å². The molecule has 0 aliphatic carbocycles. The van der Waals surface area contributed by atoms with E-state index in [4.69, 9.17) is 5.11 Å². The first kappa shape index (κ1) is 12.4. The summed E-state index contributed by atoms with van der Waals surface area (Å²) < 4.78 is 0. The fourth-order valence-corrected chi connectivity index (χ4v) is 2.56. The van der Waals surface area contributed by atoms with Crippen molar-refractivity contribution in [2.45, 2.75) is 26.3 Å². The average molecular weight is 234 g/mol. The van der Waals surface area contributed by atoms with Crippen LogP contribution in [0.15, 0.2) is 18.2 Å². The van der Waals surface area contributed by atoms with Crippen LogP contribution in [0, 0.1) is 13.8 Å². The Morgan fingerprint density at radius 1 is 1.29 bits per heavy atom. The summed E-state index contributed by atoms with van der Waals surface area (Å²) in [4.78, 5) is 2.43. The molecule has 0 radical (unpaired) electrons. The molecule has 1 aliphatic rings. The van der Waals surface area contributed by atoms with E-state index >= 15 is 0 Å². The highest BCUT2D eigenvalue weighted by Gasteiger charge is 2.22. The number of benzene rings is 1. The minimum atomic E-state index is 0.222. The normalized spacial score (nSPS) is 19.9. The zero-order chi connectivity index (χ0) is 12.3. The smallest absolute Gasteiger partial charge is 0.0556 e. The van der Waals surface area contributed by atoms with Crippen molar-refractivity contribution in [3.8, 4) is 0 Å². The lowest BCUT2D eigenvalue weighted by atomic mass is 10.1. The minimum Gasteiger partial charge on any atom is -0.395 e. The summed E-state index contributed by atoms with van der Waals surface area (Å²) in [6.45, 7) is 7.36. The molecule has 2 rings (SSSR count). The number of nitrogens with zero attached hydrogens (tertiary/aromatic N) is 1. The number of aryl methyl sites for hydroxylation is 2. The molecular formula is C14H22N2O. The quantitative estimate of drug-likeness (QED) is 0.828. The fraction of sp³-hybridized carbons (Fsp3) is 0.571. The SMILES string of the molecule is Cc1cc(C)cc(N2CCC(NCCO)C2)c1. The van der Waals surface area contributed by atoms with Crippen LogP contribution in [0.4, 0.5) is 5.69 Å². The van der Waals surface area contributed by atoms with Crippen molar-refractivity contribution in [1.29, 1.82) is 0 Å². The van der Waals surface area contributed by atoms with Crippen LogP contribution in [0.5, 0.6) is 0 Å². The Hall–Kier alpha value is -1.06. The minimum absolute atomic E-state index is 0.222. The summed E-state index contributed by atoms with van der Waals surface area (Å²) in [5.74, 6) is 0. The molecule has 1 heterocycles. The van der Waals surface area contributed by atoms with Gasteiger partial charge in [-0.2, -0.15) is 0 Å². The molecule has 94 valence electrons. The predicted octanol–water partition coefficient (Wildman–Crippen LogP) is 1.46. The van der Waals surface area contributed by atoms with Crippen LogP contribution >= 0.6 is 0 Å². The summed E-state index contributed by atoms with van der Waals surface area (Å²) in [5, 5.41) is 12.2. The first-order chi connectivity index (χ1) is 8.19. The van der Waals surface area contributed by atoms with Crippen LogP contribution in [0.1, 0.15) is 17.5 Å². The van der Waals surface area contributed by atoms with E-state index in [-0.39, 0.29) is 6.61 Å². The lowest BCUT2D eigenvalue weighted by molar-refractivity contribution is 0.286. The second-order valence-electron chi connectivity index (χ2n) is 4.96. The van der Waals surface area contributed by atoms with Gasteiger partial charge < -0.3 is 15.3 Å². The largest absolute Gasteiger partial charge is 0.395 e. The number of hydrogen-bond donors (Lipinski definition) is 2. The highest BCUT2D eigenvalue weighted by molar-refractivity contribution is 5.51. The molecule has 0 bridgehead atoms. The maximum atomic E-state index is 8.81. The zero-order valence-electron chi connectivity index (χ0n) is 10.7. The van der Waals surface area contributed by atoms with E-state index in [1.54, 1.807) is 0 Å². The second-order valence-corrected chi connectivity index (χ2v) is 4.96. The van der Waals surface area contributed by atoms with Gasteiger partial charge >= 0.3 is 0 Å². The summed E-state index contributed by atoms with van der Waals surface area (Å²) in [6.07, 6.45) is 1.16. The highest BCUT2D eigenvalue weighted by Crippen LogP contribution is 2.23. The van der Waals surface area contributed by atoms with E-state index in [0.717, 1.165) is 19.5 Å². The van der Waals surface area contributed by atoms with E-state index in [2.05, 4.69) is 42.3 Å². The molecule has 1 aliphatic heterocycles. The lowest BCUT2D eigenvalue weighted by Crippen LogP contribution is -2.34. The lowest BCUT2D eigenvalue weighted by Gasteiger charge is -2.20. The first-order valence-corrected chi connectivity index (χ1v) is 6.36. The molecule has 1 atom stereocenters. The van der Waals surface area contributed by atoms with Crippen LogP contribution in [-0.4, -0.2) is 37.4 Å². The molecule has 1 fully saturated rings. The number of anilines is 1. The number of hydrogen-bond acceptors (Lipinski definition) is 3. The van der Waals surface area contributed by atoms with E-state index in [0.29, 0.717) is 12.6 Å². The van der Waals surface area contributed by atoms with Crippen molar-refractivity contribution in [3.63, 3.8) is 0 Å². The number of aliphatic hydroxyl groups is 1. The second kappa shape index (κ2) is 5.52. The maximum absolute atomic E-state index is 8.81. The zero-order valence-corrected chi connectivity index (χ0v) is 10.7. The molecule has 17 heavy (non-hydrogen) atoms. The molecule has 0 saturated carbocycles. The maximum Gasteiger partial charge on any atom is 0.0556 e. The Labute approximate surface area is 103 Å². The van der Waals surface area contributed by atoms with Crippen molar-refractivity contribution in [3.05, 3.63) is 29.3 Å². The van der Waals surface area contributed by atoms with Crippen LogP contribution in [0.2, 0.25) is 0 Å². The molecule has 0 spiro atoms. The molecule has 1 aromatic carbocycles. The molecule has 2 N–H and O–H groups in total. The Morgan fingerprint density at radius 2 is 2.00 bits per heavy atom. The van der Waals surface area contributed by atoms with Gasteiger partial charge in [-0.3, -0.25) is 0 Å². The van der Waals surface area contributed by atoms with Gasteiger partial charge in [-0.1, -0.05) is 6.07 Å². The van der Waals surface area contributed by atoms with Gasteiger partial charge in [-0.25, -0.2) is 0 Å². The number of aliphatic hydroxyl groups excluding tert-OH is 1. The number of rotatable bonds is 4. The highest BCUT2D eigenvalue weighted by atomic mass is 16.3. The van der Waals surface area contributed by atoms with Crippen molar-refractivity contribution in [2.24, 2.45) is 0 Å². The molecule has 1 saturated heterocycles. The monoisotopic (exact) mass is 234 g/mol. The molecule has 1 aromatic rings. The van der Waals surface area contributed by atoms with Gasteiger partial charge in [0.2, 0.25) is 0 Å². The van der Waals surface area contributed by atoms with Gasteiger partial charge in [0.25, 0.3) is 0 Å². The van der Waals surface area contributed by atoms with Crippen LogP contribution in [-0.2, 0) is 0 Å². The topological polar surface area (TPSA) is 35.5 Å². The summed E-state index contributed by atoms with van der Waals surface area (Å²) in [7, 11) is 0. The number of nitrogens with one attached hydrogen (secondary N) is 1. The van der Waals surface area contributed by atoms with E-state index in [1.165, 1.54) is 16.8 Å². The van der Waals surface area contributed by atoms with Gasteiger partial charge in [0, 0.05) is 31.4 Å². The van der Waals surface area contributed by atoms with E-state index in [9.17, 15) is 0 Å². The summed E-state index contributed by atoms with van der Waals surface area (Å²) in [5.41, 5.74) is 3.98. The molecular weight excluding hydrogens is 212 g/mol. The van der Waals surface area contributed by atoms with Crippen LogP contribution < -0.4 is 10.2 Å². The first-order valence-electron chi connectivity index (χ1n) is 6.36. The average Bonchev–Trinajstić information content (AvgIpc) is 2.73. The van der Waals surface area contributed by atoms with E-state index in [1.807, 2.05) is 0 Å². The standard InChI is InChI=1S/C14H22N2O/c1-11-7-12(2)9-14(8-11)16-5-3-13(10-16)15-4-6-17/h7-9,13,15,17H,3-6,10H2,1-2H3. The fourth-order valence-electron chi connectivity index (χ4n) is 2.56. The Bertz CT molecular complexity index is 358. The third kappa shape index (κ3) is 3.20. The predicted molar refractivity (Wildman–Crippen MR) is 71.6 cm³/mol. The molecule has 0 aromatic heterocycles. The molecule has 0 amide bonds. The van der Waals surface area contributed by atoms with Gasteiger partial charge in [0.15, 0.2) is 0 Å². The van der Waals surface area contributed by atoms with Crippen molar-refractivity contribution >= 4 is 5.69 Å². The molecule has 3 nitrogen and oxygen atoms in total. The Balaban J connectivity index is 1.99. The van der Waals surface area contributed by atoms with Gasteiger partial charge in [0.1, 0.15) is 0 Å². The Kier molecular flexibility index (Phi) is 4.02. The third-order valence-corrected chi connectivity index (χ3v) is 3.30. The molecule has 1 unspecified atom stereocenters. The summed E-state index contributed by atoms with van der Waals surface area (Å²) in [6, 6.07) is 7.23. The molecule has 3 heteroatoms. The van der Waals surface area contributed by atoms with Gasteiger partial charge in [-0.15, -0.1) is 0 Å². The Morgan fingerprint density at radius 3 is 2.65 bits per heavy atom. The third-order valence-electron chi connectivity index (χ3n) is 3.30. The van der Waals surface area contributed by atoms with Gasteiger partial charge in [-0.05, 0) is 43.5 Å². The van der Waals surface area contributed by atoms with Crippen molar-refractivity contribution < 1.29 is 5.11 Å². The van der Waals surface area contributed by atoms with Gasteiger partial charge in [0.05, 0.1) is 6.61 Å². The van der Waals surface area contributed by atoms with Crippen LogP contribution in [0.25, 0.3) is 0 Å². The summed E-state index contributed by atoms with van der Waals surface area (Å²) >= 11 is 0. The van der Waals surface area contributed by atoms with Crippen molar-refractivity contribution in [1.82, 2.24) is 5.32 Å².